The Labute approximate surface area is 136 Å². The molecule has 2 fully saturated rings. The quantitative estimate of drug-likeness (QED) is 0.635. The van der Waals surface area contributed by atoms with Crippen LogP contribution in [0.3, 0.4) is 0 Å². The van der Waals surface area contributed by atoms with Gasteiger partial charge in [-0.2, -0.15) is 0 Å². The number of hydrogen-bond acceptors (Lipinski definition) is 5. The van der Waals surface area contributed by atoms with Gasteiger partial charge in [0.25, 0.3) is 5.69 Å². The second kappa shape index (κ2) is 6.11. The summed E-state index contributed by atoms with van der Waals surface area (Å²) in [6.45, 7) is 0.773. The summed E-state index contributed by atoms with van der Waals surface area (Å²) in [5.41, 5.74) is 0.255. The fourth-order valence-electron chi connectivity index (χ4n) is 4.20. The van der Waals surface area contributed by atoms with Crippen LogP contribution in [0, 0.1) is 27.9 Å². The van der Waals surface area contributed by atoms with Gasteiger partial charge < -0.3 is 5.32 Å². The van der Waals surface area contributed by atoms with Crippen LogP contribution in [0.5, 0.6) is 0 Å². The van der Waals surface area contributed by atoms with Crippen molar-refractivity contribution < 1.29 is 13.3 Å². The molecule has 0 aliphatic heterocycles. The van der Waals surface area contributed by atoms with Crippen LogP contribution in [-0.4, -0.2) is 26.1 Å². The van der Waals surface area contributed by atoms with Gasteiger partial charge in [0.15, 0.2) is 9.84 Å². The number of nitro benzene ring substituents is 1. The van der Waals surface area contributed by atoms with E-state index in [1.807, 2.05) is 0 Å². The molecule has 1 aromatic carbocycles. The van der Waals surface area contributed by atoms with Gasteiger partial charge in [0.05, 0.1) is 4.92 Å². The van der Waals surface area contributed by atoms with Crippen LogP contribution in [0.25, 0.3) is 0 Å². The monoisotopic (exact) mass is 338 g/mol. The molecule has 7 heteroatoms. The van der Waals surface area contributed by atoms with Crippen molar-refractivity contribution in [1.82, 2.24) is 0 Å². The summed E-state index contributed by atoms with van der Waals surface area (Å²) >= 11 is 0. The lowest BCUT2D eigenvalue weighted by atomic mass is 9.86. The van der Waals surface area contributed by atoms with E-state index in [1.54, 1.807) is 6.07 Å². The molecular weight excluding hydrogens is 316 g/mol. The number of benzene rings is 1. The fourth-order valence-corrected chi connectivity index (χ4v) is 5.07. The van der Waals surface area contributed by atoms with Gasteiger partial charge in [-0.25, -0.2) is 8.42 Å². The Morgan fingerprint density at radius 3 is 2.65 bits per heavy atom. The number of fused-ring (bicyclic) bond motifs is 2. The van der Waals surface area contributed by atoms with Gasteiger partial charge in [-0.05, 0) is 55.6 Å². The maximum Gasteiger partial charge on any atom is 0.288 e. The van der Waals surface area contributed by atoms with Gasteiger partial charge in [-0.15, -0.1) is 0 Å². The minimum absolute atomic E-state index is 0.229. The minimum atomic E-state index is -3.63. The Morgan fingerprint density at radius 2 is 2.09 bits per heavy atom. The number of nitrogens with one attached hydrogen (secondary N) is 1. The molecule has 3 rings (SSSR count). The summed E-state index contributed by atoms with van der Waals surface area (Å²) in [5, 5.41) is 14.2. The molecule has 1 N–H and O–H groups in total. The first-order valence-corrected chi connectivity index (χ1v) is 9.96. The first kappa shape index (κ1) is 16.2. The average molecular weight is 338 g/mol. The van der Waals surface area contributed by atoms with Gasteiger partial charge in [0.1, 0.15) is 4.90 Å². The van der Waals surface area contributed by atoms with Crippen molar-refractivity contribution in [2.24, 2.45) is 17.8 Å². The van der Waals surface area contributed by atoms with E-state index in [4.69, 9.17) is 0 Å². The molecule has 0 aromatic heterocycles. The lowest BCUT2D eigenvalue weighted by Crippen LogP contribution is -2.15. The highest BCUT2D eigenvalue weighted by Crippen LogP contribution is 2.49. The van der Waals surface area contributed by atoms with Crippen molar-refractivity contribution >= 4 is 21.2 Å². The highest BCUT2D eigenvalue weighted by molar-refractivity contribution is 7.90. The first-order chi connectivity index (χ1) is 10.8. The van der Waals surface area contributed by atoms with Crippen molar-refractivity contribution in [3.8, 4) is 0 Å². The Kier molecular flexibility index (Phi) is 4.31. The van der Waals surface area contributed by atoms with Crippen molar-refractivity contribution in [2.75, 3.05) is 18.1 Å². The molecule has 0 heterocycles. The molecule has 2 aliphatic rings. The summed E-state index contributed by atoms with van der Waals surface area (Å²) in [7, 11) is -3.63. The van der Waals surface area contributed by atoms with Crippen LogP contribution in [0.2, 0.25) is 0 Å². The second-order valence-corrected chi connectivity index (χ2v) is 8.85. The maximum absolute atomic E-state index is 11.7. The fraction of sp³-hybridized carbons (Fsp3) is 0.625. The Hall–Kier alpha value is -1.63. The average Bonchev–Trinajstić information content (AvgIpc) is 3.08. The molecule has 2 saturated carbocycles. The summed E-state index contributed by atoms with van der Waals surface area (Å²) < 4.78 is 23.5. The van der Waals surface area contributed by atoms with Gasteiger partial charge in [-0.1, -0.05) is 6.42 Å². The van der Waals surface area contributed by atoms with Crippen LogP contribution in [0.15, 0.2) is 23.1 Å². The van der Waals surface area contributed by atoms with E-state index >= 15 is 0 Å². The number of rotatable bonds is 6. The van der Waals surface area contributed by atoms with Crippen molar-refractivity contribution in [3.05, 3.63) is 28.3 Å². The standard InChI is InChI=1S/C16H22N2O4S/c1-23(21,22)16-10-14(4-5-15(16)18(19)20)17-7-6-13-9-11-2-3-12(13)8-11/h4-5,10-13,17H,2-3,6-9H2,1H3. The number of anilines is 1. The Morgan fingerprint density at radius 1 is 1.30 bits per heavy atom. The normalized spacial score (nSPS) is 26.4. The molecule has 23 heavy (non-hydrogen) atoms. The number of nitrogens with zero attached hydrogens (tertiary/aromatic N) is 1. The van der Waals surface area contributed by atoms with Crippen LogP contribution in [0.4, 0.5) is 11.4 Å². The molecule has 126 valence electrons. The second-order valence-electron chi connectivity index (χ2n) is 6.86. The number of nitro groups is 1. The highest BCUT2D eigenvalue weighted by atomic mass is 32.2. The van der Waals surface area contributed by atoms with Crippen molar-refractivity contribution in [2.45, 2.75) is 37.0 Å². The maximum atomic E-state index is 11.7. The molecule has 2 aliphatic carbocycles. The van der Waals surface area contributed by atoms with Crippen LogP contribution in [-0.2, 0) is 9.84 Å². The Balaban J connectivity index is 1.65. The van der Waals surface area contributed by atoms with E-state index < -0.39 is 14.8 Å². The predicted molar refractivity (Wildman–Crippen MR) is 88.3 cm³/mol. The lowest BCUT2D eigenvalue weighted by molar-refractivity contribution is -0.387. The summed E-state index contributed by atoms with van der Waals surface area (Å²) in [4.78, 5) is 10.1. The molecule has 2 bridgehead atoms. The highest BCUT2D eigenvalue weighted by Gasteiger charge is 2.38. The van der Waals surface area contributed by atoms with Gasteiger partial charge in [-0.3, -0.25) is 10.1 Å². The molecule has 0 amide bonds. The zero-order valence-electron chi connectivity index (χ0n) is 13.2. The van der Waals surface area contributed by atoms with Crippen LogP contribution < -0.4 is 5.32 Å². The first-order valence-electron chi connectivity index (χ1n) is 8.07. The van der Waals surface area contributed by atoms with Gasteiger partial charge in [0, 0.05) is 24.6 Å². The number of hydrogen-bond donors (Lipinski definition) is 1. The predicted octanol–water partition coefficient (Wildman–Crippen LogP) is 3.24. The topological polar surface area (TPSA) is 89.3 Å². The SMILES string of the molecule is CS(=O)(=O)c1cc(NCCC2CC3CCC2C3)ccc1[N+](=O)[O-]. The molecule has 0 saturated heterocycles. The third kappa shape index (κ3) is 3.49. The van der Waals surface area contributed by atoms with E-state index in [0.717, 1.165) is 37.0 Å². The third-order valence-corrected chi connectivity index (χ3v) is 6.41. The van der Waals surface area contributed by atoms with Gasteiger partial charge >= 0.3 is 0 Å². The molecule has 3 atom stereocenters. The minimum Gasteiger partial charge on any atom is -0.385 e. The smallest absolute Gasteiger partial charge is 0.288 e. The van der Waals surface area contributed by atoms with E-state index in [0.29, 0.717) is 5.69 Å². The molecule has 1 aromatic rings. The van der Waals surface area contributed by atoms with Crippen LogP contribution in [0.1, 0.15) is 32.1 Å². The van der Waals surface area contributed by atoms with E-state index in [-0.39, 0.29) is 10.6 Å². The molecule has 6 nitrogen and oxygen atoms in total. The van der Waals surface area contributed by atoms with Gasteiger partial charge in [0.2, 0.25) is 0 Å². The third-order valence-electron chi connectivity index (χ3n) is 5.28. The molecule has 0 spiro atoms. The van der Waals surface area contributed by atoms with Crippen molar-refractivity contribution in [1.29, 1.82) is 0 Å². The summed E-state index contributed by atoms with van der Waals surface area (Å²) in [6.07, 6.45) is 7.50. The zero-order valence-corrected chi connectivity index (χ0v) is 14.0. The number of sulfone groups is 1. The van der Waals surface area contributed by atoms with E-state index in [9.17, 15) is 18.5 Å². The van der Waals surface area contributed by atoms with E-state index in [2.05, 4.69) is 5.32 Å². The molecule has 3 unspecified atom stereocenters. The summed E-state index contributed by atoms with van der Waals surface area (Å²) in [5.74, 6) is 2.56. The zero-order chi connectivity index (χ0) is 16.6. The summed E-state index contributed by atoms with van der Waals surface area (Å²) in [6, 6.07) is 4.21. The lowest BCUT2D eigenvalue weighted by Gasteiger charge is -2.21. The molecule has 0 radical (unpaired) electrons. The van der Waals surface area contributed by atoms with Crippen LogP contribution >= 0.6 is 0 Å². The van der Waals surface area contributed by atoms with E-state index in [1.165, 1.54) is 37.8 Å². The van der Waals surface area contributed by atoms with Crippen molar-refractivity contribution in [3.63, 3.8) is 0 Å². The molecular formula is C16H22N2O4S. The largest absolute Gasteiger partial charge is 0.385 e. The Bertz CT molecular complexity index is 717.